The lowest BCUT2D eigenvalue weighted by Gasteiger charge is -2.12. The van der Waals surface area contributed by atoms with Crippen LogP contribution in [0.4, 0.5) is 0 Å². The van der Waals surface area contributed by atoms with Crippen molar-refractivity contribution < 1.29 is 13.2 Å². The molecule has 1 aromatic heterocycles. The second-order valence-corrected chi connectivity index (χ2v) is 8.07. The minimum atomic E-state index is -3.64. The molecule has 1 amide bonds. The fraction of sp³-hybridized carbons (Fsp3) is 0.231. The Kier molecular flexibility index (Phi) is 4.86. The largest absolute Gasteiger partial charge is 0.327 e. The minimum absolute atomic E-state index is 0.00370. The van der Waals surface area contributed by atoms with Gasteiger partial charge in [0.2, 0.25) is 10.0 Å². The number of nitrogens with zero attached hydrogens (tertiary/aromatic N) is 3. The highest BCUT2D eigenvalue weighted by Crippen LogP contribution is 2.22. The maximum atomic E-state index is 12.3. The Hall–Kier alpha value is -1.48. The van der Waals surface area contributed by atoms with Crippen LogP contribution in [0.1, 0.15) is 10.4 Å². The number of amides is 1. The monoisotopic (exact) mass is 359 g/mol. The highest BCUT2D eigenvalue weighted by molar-refractivity contribution is 7.89. The molecule has 0 saturated heterocycles. The van der Waals surface area contributed by atoms with Crippen LogP contribution in [0.3, 0.4) is 0 Å². The Morgan fingerprint density at radius 1 is 1.36 bits per heavy atom. The zero-order valence-electron chi connectivity index (χ0n) is 12.1. The molecule has 0 atom stereocenters. The van der Waals surface area contributed by atoms with Crippen LogP contribution in [0.2, 0.25) is 5.02 Å². The van der Waals surface area contributed by atoms with Gasteiger partial charge in [0, 0.05) is 32.7 Å². The van der Waals surface area contributed by atoms with Crippen LogP contribution >= 0.6 is 22.9 Å². The lowest BCUT2D eigenvalue weighted by atomic mass is 10.2. The summed E-state index contributed by atoms with van der Waals surface area (Å²) in [5.41, 5.74) is 0.0537. The molecule has 0 spiro atoms. The van der Waals surface area contributed by atoms with E-state index >= 15 is 0 Å². The third-order valence-electron chi connectivity index (χ3n) is 2.90. The van der Waals surface area contributed by atoms with Gasteiger partial charge in [-0.1, -0.05) is 11.6 Å². The molecule has 2 rings (SSSR count). The van der Waals surface area contributed by atoms with Crippen LogP contribution in [0.25, 0.3) is 0 Å². The van der Waals surface area contributed by atoms with Crippen molar-refractivity contribution in [1.82, 2.24) is 8.87 Å². The number of benzene rings is 1. The Labute approximate surface area is 137 Å². The maximum Gasteiger partial charge on any atom is 0.281 e. The number of aryl methyl sites for hydroxylation is 1. The lowest BCUT2D eigenvalue weighted by molar-refractivity contribution is 0.0998. The van der Waals surface area contributed by atoms with E-state index in [1.54, 1.807) is 23.2 Å². The third kappa shape index (κ3) is 3.30. The zero-order chi connectivity index (χ0) is 16.5. The Morgan fingerprint density at radius 2 is 2.05 bits per heavy atom. The van der Waals surface area contributed by atoms with E-state index in [-0.39, 0.29) is 15.5 Å². The molecule has 0 N–H and O–H groups in total. The summed E-state index contributed by atoms with van der Waals surface area (Å²) in [6.45, 7) is 0. The van der Waals surface area contributed by atoms with Gasteiger partial charge >= 0.3 is 0 Å². The van der Waals surface area contributed by atoms with Gasteiger partial charge in [-0.15, -0.1) is 11.3 Å². The van der Waals surface area contributed by atoms with Crippen molar-refractivity contribution in [3.05, 3.63) is 45.2 Å². The van der Waals surface area contributed by atoms with Crippen LogP contribution in [-0.2, 0) is 17.1 Å². The summed E-state index contributed by atoms with van der Waals surface area (Å²) < 4.78 is 27.0. The third-order valence-corrected chi connectivity index (χ3v) is 5.89. The standard InChI is InChI=1S/C13H14ClN3O3S2/c1-16(2)22(19,20)9-4-5-11(14)10(8-9)12(18)15-13-17(3)6-7-21-13/h4-8H,1-3H3. The molecule has 118 valence electrons. The maximum absolute atomic E-state index is 12.3. The van der Waals surface area contributed by atoms with Crippen LogP contribution in [0.15, 0.2) is 39.7 Å². The number of hydrogen-bond acceptors (Lipinski definition) is 4. The first-order valence-corrected chi connectivity index (χ1v) is 8.84. The van der Waals surface area contributed by atoms with Gasteiger partial charge in [0.1, 0.15) is 0 Å². The van der Waals surface area contributed by atoms with Gasteiger partial charge in [-0.25, -0.2) is 12.7 Å². The van der Waals surface area contributed by atoms with Gasteiger partial charge in [-0.2, -0.15) is 4.99 Å². The number of hydrogen-bond donors (Lipinski definition) is 0. The lowest BCUT2D eigenvalue weighted by Crippen LogP contribution is -2.22. The van der Waals surface area contributed by atoms with Crippen molar-refractivity contribution in [2.24, 2.45) is 12.0 Å². The fourth-order valence-electron chi connectivity index (χ4n) is 1.62. The Morgan fingerprint density at radius 3 is 2.59 bits per heavy atom. The molecule has 0 radical (unpaired) electrons. The first kappa shape index (κ1) is 16.9. The molecular weight excluding hydrogens is 346 g/mol. The van der Waals surface area contributed by atoms with Crippen LogP contribution < -0.4 is 4.80 Å². The molecule has 6 nitrogen and oxygen atoms in total. The molecule has 0 aliphatic heterocycles. The molecule has 1 aromatic carbocycles. The minimum Gasteiger partial charge on any atom is -0.327 e. The van der Waals surface area contributed by atoms with Gasteiger partial charge in [0.25, 0.3) is 5.91 Å². The number of halogens is 1. The summed E-state index contributed by atoms with van der Waals surface area (Å²) in [6.07, 6.45) is 1.77. The summed E-state index contributed by atoms with van der Waals surface area (Å²) in [7, 11) is 0.956. The molecule has 0 fully saturated rings. The Bertz CT molecular complexity index is 882. The van der Waals surface area contributed by atoms with E-state index in [4.69, 9.17) is 11.6 Å². The number of carbonyl (C=O) groups is 1. The number of sulfonamides is 1. The average Bonchev–Trinajstić information content (AvgIpc) is 2.84. The van der Waals surface area contributed by atoms with Crippen LogP contribution in [-0.4, -0.2) is 37.3 Å². The van der Waals surface area contributed by atoms with E-state index in [0.29, 0.717) is 4.80 Å². The predicted molar refractivity (Wildman–Crippen MR) is 85.5 cm³/mol. The molecule has 0 unspecified atom stereocenters. The number of thiazole rings is 1. The SMILES string of the molecule is CN(C)S(=O)(=O)c1ccc(Cl)c(C(=O)N=c2sccn2C)c1. The van der Waals surface area contributed by atoms with E-state index in [1.807, 2.05) is 0 Å². The van der Waals surface area contributed by atoms with E-state index in [1.165, 1.54) is 43.6 Å². The van der Waals surface area contributed by atoms with E-state index in [2.05, 4.69) is 4.99 Å². The molecule has 0 saturated carbocycles. The zero-order valence-corrected chi connectivity index (χ0v) is 14.5. The molecule has 0 bridgehead atoms. The van der Waals surface area contributed by atoms with Crippen molar-refractivity contribution in [3.8, 4) is 0 Å². The summed E-state index contributed by atoms with van der Waals surface area (Å²) in [5.74, 6) is -0.584. The van der Waals surface area contributed by atoms with E-state index in [9.17, 15) is 13.2 Å². The average molecular weight is 360 g/mol. The number of carbonyl (C=O) groups excluding carboxylic acids is 1. The molecule has 0 aliphatic rings. The van der Waals surface area contributed by atoms with Gasteiger partial charge < -0.3 is 4.57 Å². The van der Waals surface area contributed by atoms with E-state index in [0.717, 1.165) is 4.31 Å². The predicted octanol–water partition coefficient (Wildman–Crippen LogP) is 1.73. The van der Waals surface area contributed by atoms with E-state index < -0.39 is 15.9 Å². The Balaban J connectivity index is 2.53. The van der Waals surface area contributed by atoms with Gasteiger partial charge in [-0.3, -0.25) is 4.79 Å². The highest BCUT2D eigenvalue weighted by atomic mass is 35.5. The molecule has 1 heterocycles. The second kappa shape index (κ2) is 6.33. The molecule has 9 heteroatoms. The molecule has 2 aromatic rings. The molecule has 22 heavy (non-hydrogen) atoms. The van der Waals surface area contributed by atoms with Crippen LogP contribution in [0, 0.1) is 0 Å². The van der Waals surface area contributed by atoms with Crippen molar-refractivity contribution in [2.75, 3.05) is 14.1 Å². The summed E-state index contributed by atoms with van der Waals surface area (Å²) in [5, 5.41) is 1.95. The van der Waals surface area contributed by atoms with Gasteiger partial charge in [0.15, 0.2) is 4.80 Å². The topological polar surface area (TPSA) is 71.7 Å². The fourth-order valence-corrected chi connectivity index (χ4v) is 3.48. The highest BCUT2D eigenvalue weighted by Gasteiger charge is 2.20. The van der Waals surface area contributed by atoms with Gasteiger partial charge in [-0.05, 0) is 18.2 Å². The van der Waals surface area contributed by atoms with Crippen molar-refractivity contribution in [2.45, 2.75) is 4.90 Å². The quantitative estimate of drug-likeness (QED) is 0.837. The summed E-state index contributed by atoms with van der Waals surface area (Å²) >= 11 is 7.31. The second-order valence-electron chi connectivity index (χ2n) is 4.64. The first-order chi connectivity index (χ1) is 10.2. The van der Waals surface area contributed by atoms with Crippen molar-refractivity contribution >= 4 is 38.9 Å². The van der Waals surface area contributed by atoms with Crippen molar-refractivity contribution in [3.63, 3.8) is 0 Å². The summed E-state index contributed by atoms with van der Waals surface area (Å²) in [4.78, 5) is 16.7. The smallest absolute Gasteiger partial charge is 0.281 e. The number of aromatic nitrogens is 1. The summed E-state index contributed by atoms with van der Waals surface area (Å²) in [6, 6.07) is 3.99. The van der Waals surface area contributed by atoms with Crippen LogP contribution in [0.5, 0.6) is 0 Å². The number of rotatable bonds is 3. The van der Waals surface area contributed by atoms with Gasteiger partial charge in [0.05, 0.1) is 15.5 Å². The molecule has 0 aliphatic carbocycles. The first-order valence-electron chi connectivity index (χ1n) is 6.14. The van der Waals surface area contributed by atoms with Crippen molar-refractivity contribution in [1.29, 1.82) is 0 Å². The molecular formula is C13H14ClN3O3S2. The normalized spacial score (nSPS) is 12.9.